The summed E-state index contributed by atoms with van der Waals surface area (Å²) in [5.74, 6) is 0.186. The van der Waals surface area contributed by atoms with Crippen LogP contribution in [-0.4, -0.2) is 39.5 Å². The maximum atomic E-state index is 12.4. The first kappa shape index (κ1) is 20.1. The van der Waals surface area contributed by atoms with Crippen molar-refractivity contribution in [3.63, 3.8) is 0 Å². The summed E-state index contributed by atoms with van der Waals surface area (Å²) in [6.07, 6.45) is 0. The number of nitrogens with zero attached hydrogens (tertiary/aromatic N) is 3. The smallest absolute Gasteiger partial charge is 0.340 e. The molecule has 7 nitrogen and oxygen atoms in total. The summed E-state index contributed by atoms with van der Waals surface area (Å²) in [5.41, 5.74) is 2.47. The fourth-order valence-electron chi connectivity index (χ4n) is 2.59. The quantitative estimate of drug-likeness (QED) is 0.486. The van der Waals surface area contributed by atoms with Gasteiger partial charge in [0.05, 0.1) is 18.4 Å². The van der Waals surface area contributed by atoms with Crippen LogP contribution in [0.5, 0.6) is 0 Å². The molecule has 9 heteroatoms. The van der Waals surface area contributed by atoms with E-state index in [9.17, 15) is 9.59 Å². The molecular weight excluding hydrogens is 396 g/mol. The number of thiophene rings is 1. The minimum atomic E-state index is -0.470. The van der Waals surface area contributed by atoms with Gasteiger partial charge in [0, 0.05) is 10.6 Å². The van der Waals surface area contributed by atoms with Crippen molar-refractivity contribution in [2.45, 2.75) is 25.9 Å². The van der Waals surface area contributed by atoms with E-state index >= 15 is 0 Å². The first-order chi connectivity index (χ1) is 13.4. The monoisotopic (exact) mass is 416 g/mol. The molecule has 2 heterocycles. The molecule has 0 radical (unpaired) electrons. The Labute approximate surface area is 171 Å². The van der Waals surface area contributed by atoms with Gasteiger partial charge in [0.1, 0.15) is 10.8 Å². The van der Waals surface area contributed by atoms with Crippen molar-refractivity contribution in [3.05, 3.63) is 52.2 Å². The molecular formula is C19H20N4O3S2. The molecule has 1 aromatic carbocycles. The summed E-state index contributed by atoms with van der Waals surface area (Å²) in [6, 6.07) is 9.73. The number of hydrogen-bond donors (Lipinski definition) is 1. The van der Waals surface area contributed by atoms with Crippen molar-refractivity contribution >= 4 is 40.0 Å². The maximum Gasteiger partial charge on any atom is 0.340 e. The van der Waals surface area contributed by atoms with Gasteiger partial charge in [-0.3, -0.25) is 9.36 Å². The molecule has 0 saturated carbocycles. The number of benzene rings is 1. The summed E-state index contributed by atoms with van der Waals surface area (Å²) >= 11 is 2.63. The first-order valence-corrected chi connectivity index (χ1v) is 10.3. The Hall–Kier alpha value is -2.65. The van der Waals surface area contributed by atoms with Gasteiger partial charge in [0.2, 0.25) is 5.91 Å². The van der Waals surface area contributed by atoms with Crippen molar-refractivity contribution in [2.24, 2.45) is 0 Å². The molecule has 28 heavy (non-hydrogen) atoms. The Morgan fingerprint density at radius 3 is 2.57 bits per heavy atom. The lowest BCUT2D eigenvalue weighted by atomic mass is 10.2. The topological polar surface area (TPSA) is 86.1 Å². The molecule has 1 N–H and O–H groups in total. The van der Waals surface area contributed by atoms with Crippen LogP contribution in [-0.2, 0) is 9.53 Å². The number of amides is 1. The van der Waals surface area contributed by atoms with Gasteiger partial charge in [-0.25, -0.2) is 4.79 Å². The highest BCUT2D eigenvalue weighted by atomic mass is 32.2. The Morgan fingerprint density at radius 2 is 1.89 bits per heavy atom. The molecule has 0 atom stereocenters. The lowest BCUT2D eigenvalue weighted by Gasteiger charge is -2.09. The van der Waals surface area contributed by atoms with Gasteiger partial charge >= 0.3 is 5.97 Å². The van der Waals surface area contributed by atoms with E-state index in [0.717, 1.165) is 22.0 Å². The van der Waals surface area contributed by atoms with Crippen LogP contribution in [0.15, 0.2) is 35.5 Å². The number of rotatable bonds is 6. The number of thioether (sulfide) groups is 1. The fourth-order valence-corrected chi connectivity index (χ4v) is 4.30. The largest absolute Gasteiger partial charge is 0.465 e. The van der Waals surface area contributed by atoms with Gasteiger partial charge in [-0.05, 0) is 39.0 Å². The number of carbonyl (C=O) groups excluding carboxylic acids is 2. The Bertz CT molecular complexity index is 1010. The average Bonchev–Trinajstić information content (AvgIpc) is 3.22. The van der Waals surface area contributed by atoms with Gasteiger partial charge in [-0.1, -0.05) is 29.5 Å². The summed E-state index contributed by atoms with van der Waals surface area (Å²) in [5, 5.41) is 12.2. The zero-order valence-electron chi connectivity index (χ0n) is 16.0. The second-order valence-corrected chi connectivity index (χ2v) is 8.33. The summed E-state index contributed by atoms with van der Waals surface area (Å²) in [6.45, 7) is 5.76. The molecule has 2 aromatic heterocycles. The molecule has 0 bridgehead atoms. The molecule has 0 saturated heterocycles. The van der Waals surface area contributed by atoms with Crippen LogP contribution in [0, 0.1) is 20.8 Å². The molecule has 0 aliphatic carbocycles. The molecule has 1 amide bonds. The predicted molar refractivity (Wildman–Crippen MR) is 111 cm³/mol. The number of ether oxygens (including phenoxy) is 1. The highest BCUT2D eigenvalue weighted by Gasteiger charge is 2.18. The van der Waals surface area contributed by atoms with E-state index in [1.165, 1.54) is 30.2 Å². The van der Waals surface area contributed by atoms with E-state index in [-0.39, 0.29) is 11.7 Å². The van der Waals surface area contributed by atoms with Crippen LogP contribution in [0.3, 0.4) is 0 Å². The lowest BCUT2D eigenvalue weighted by molar-refractivity contribution is -0.113. The molecule has 146 valence electrons. The van der Waals surface area contributed by atoms with Crippen molar-refractivity contribution in [1.82, 2.24) is 14.8 Å². The molecule has 0 spiro atoms. The highest BCUT2D eigenvalue weighted by Crippen LogP contribution is 2.29. The zero-order chi connectivity index (χ0) is 20.3. The maximum absolute atomic E-state index is 12.4. The normalized spacial score (nSPS) is 10.7. The van der Waals surface area contributed by atoms with Gasteiger partial charge in [0.25, 0.3) is 0 Å². The van der Waals surface area contributed by atoms with Crippen molar-refractivity contribution in [1.29, 1.82) is 0 Å². The minimum absolute atomic E-state index is 0.140. The Kier molecular flexibility index (Phi) is 6.15. The SMILES string of the molecule is COC(=O)c1cc(C)sc1NC(=O)CSc1nnc(C)n1-c1ccc(C)cc1. The van der Waals surface area contributed by atoms with E-state index < -0.39 is 5.97 Å². The first-order valence-electron chi connectivity index (χ1n) is 8.49. The van der Waals surface area contributed by atoms with Gasteiger partial charge in [0.15, 0.2) is 5.16 Å². The third-order valence-electron chi connectivity index (χ3n) is 3.93. The molecule has 0 fully saturated rings. The van der Waals surface area contributed by atoms with E-state index in [1.54, 1.807) is 6.07 Å². The van der Waals surface area contributed by atoms with Crippen LogP contribution in [0.2, 0.25) is 0 Å². The Morgan fingerprint density at radius 1 is 1.18 bits per heavy atom. The number of nitrogens with one attached hydrogen (secondary N) is 1. The van der Waals surface area contributed by atoms with Gasteiger partial charge in [-0.2, -0.15) is 0 Å². The number of aryl methyl sites for hydroxylation is 3. The second kappa shape index (κ2) is 8.57. The number of methoxy groups -OCH3 is 1. The van der Waals surface area contributed by atoms with Crippen LogP contribution < -0.4 is 5.32 Å². The average molecular weight is 417 g/mol. The number of aromatic nitrogens is 3. The molecule has 3 aromatic rings. The number of anilines is 1. The predicted octanol–water partition coefficient (Wildman–Crippen LogP) is 3.77. The van der Waals surface area contributed by atoms with Crippen LogP contribution in [0.25, 0.3) is 5.69 Å². The van der Waals surface area contributed by atoms with Crippen LogP contribution >= 0.6 is 23.1 Å². The van der Waals surface area contributed by atoms with Crippen molar-refractivity contribution in [2.75, 3.05) is 18.2 Å². The van der Waals surface area contributed by atoms with Gasteiger partial charge < -0.3 is 10.1 Å². The molecule has 0 aliphatic rings. The van der Waals surface area contributed by atoms with Crippen molar-refractivity contribution < 1.29 is 14.3 Å². The molecule has 3 rings (SSSR count). The van der Waals surface area contributed by atoms with Crippen LogP contribution in [0.4, 0.5) is 5.00 Å². The highest BCUT2D eigenvalue weighted by molar-refractivity contribution is 7.99. The van der Waals surface area contributed by atoms with E-state index in [4.69, 9.17) is 4.74 Å². The number of esters is 1. The number of hydrogen-bond acceptors (Lipinski definition) is 7. The van der Waals surface area contributed by atoms with E-state index in [2.05, 4.69) is 15.5 Å². The Balaban J connectivity index is 1.71. The molecule has 0 aliphatic heterocycles. The minimum Gasteiger partial charge on any atom is -0.465 e. The fraction of sp³-hybridized carbons (Fsp3) is 0.263. The summed E-state index contributed by atoms with van der Waals surface area (Å²) in [4.78, 5) is 25.2. The third-order valence-corrected chi connectivity index (χ3v) is 5.83. The van der Waals surface area contributed by atoms with E-state index in [0.29, 0.717) is 15.7 Å². The number of carbonyl (C=O) groups is 2. The standard InChI is InChI=1S/C19H20N4O3S2/c1-11-5-7-14(8-6-11)23-13(3)21-22-19(23)27-10-16(24)20-17-15(18(25)26-4)9-12(2)28-17/h5-9H,10H2,1-4H3,(H,20,24). The lowest BCUT2D eigenvalue weighted by Crippen LogP contribution is -2.16. The summed E-state index contributed by atoms with van der Waals surface area (Å²) in [7, 11) is 1.32. The summed E-state index contributed by atoms with van der Waals surface area (Å²) < 4.78 is 6.68. The van der Waals surface area contributed by atoms with Gasteiger partial charge in [-0.15, -0.1) is 21.5 Å². The zero-order valence-corrected chi connectivity index (χ0v) is 17.6. The third kappa shape index (κ3) is 4.42. The van der Waals surface area contributed by atoms with Crippen molar-refractivity contribution in [3.8, 4) is 5.69 Å². The second-order valence-electron chi connectivity index (χ2n) is 6.13. The van der Waals surface area contributed by atoms with Crippen LogP contribution in [0.1, 0.15) is 26.6 Å². The molecule has 0 unspecified atom stereocenters. The van der Waals surface area contributed by atoms with E-state index in [1.807, 2.05) is 49.6 Å².